The SMILES string of the molecule is CC(C)c1ncc(Br)c(C(=O)NCCn2cccn2)n1. The lowest BCUT2D eigenvalue weighted by molar-refractivity contribution is 0.0945. The summed E-state index contributed by atoms with van der Waals surface area (Å²) in [6.07, 6.45) is 5.17. The highest BCUT2D eigenvalue weighted by molar-refractivity contribution is 9.10. The van der Waals surface area contributed by atoms with Gasteiger partial charge in [-0.2, -0.15) is 5.10 Å². The van der Waals surface area contributed by atoms with Gasteiger partial charge in [0.1, 0.15) is 11.5 Å². The third-order valence-electron chi connectivity index (χ3n) is 2.68. The molecular formula is C13H16BrN5O. The first-order chi connectivity index (χ1) is 9.58. The molecule has 0 bridgehead atoms. The summed E-state index contributed by atoms with van der Waals surface area (Å²) in [6.45, 7) is 5.09. The second-order valence-electron chi connectivity index (χ2n) is 4.60. The largest absolute Gasteiger partial charge is 0.349 e. The van der Waals surface area contributed by atoms with E-state index in [1.807, 2.05) is 26.1 Å². The summed E-state index contributed by atoms with van der Waals surface area (Å²) < 4.78 is 2.35. The van der Waals surface area contributed by atoms with Gasteiger partial charge >= 0.3 is 0 Å². The predicted molar refractivity (Wildman–Crippen MR) is 78.4 cm³/mol. The van der Waals surface area contributed by atoms with Crippen molar-refractivity contribution < 1.29 is 4.79 Å². The van der Waals surface area contributed by atoms with Crippen LogP contribution in [-0.2, 0) is 6.54 Å². The molecule has 6 nitrogen and oxygen atoms in total. The maximum Gasteiger partial charge on any atom is 0.271 e. The van der Waals surface area contributed by atoms with E-state index in [9.17, 15) is 4.79 Å². The van der Waals surface area contributed by atoms with Crippen LogP contribution in [0.15, 0.2) is 29.1 Å². The van der Waals surface area contributed by atoms with Gasteiger partial charge in [0.2, 0.25) is 0 Å². The summed E-state index contributed by atoms with van der Waals surface area (Å²) in [5.41, 5.74) is 0.365. The van der Waals surface area contributed by atoms with Crippen molar-refractivity contribution >= 4 is 21.8 Å². The summed E-state index contributed by atoms with van der Waals surface area (Å²) in [5.74, 6) is 0.623. The maximum absolute atomic E-state index is 12.1. The number of carbonyl (C=O) groups is 1. The standard InChI is InChI=1S/C13H16BrN5O/c1-9(2)12-16-8-10(14)11(18-12)13(20)15-5-7-19-6-3-4-17-19/h3-4,6,8-9H,5,7H2,1-2H3,(H,15,20). The Morgan fingerprint density at radius 3 is 2.95 bits per heavy atom. The van der Waals surface area contributed by atoms with Crippen molar-refractivity contribution in [3.8, 4) is 0 Å². The molecule has 2 aromatic heterocycles. The fraction of sp³-hybridized carbons (Fsp3) is 0.385. The van der Waals surface area contributed by atoms with E-state index in [2.05, 4.69) is 36.3 Å². The summed E-state index contributed by atoms with van der Waals surface area (Å²) >= 11 is 3.31. The zero-order valence-electron chi connectivity index (χ0n) is 11.4. The van der Waals surface area contributed by atoms with E-state index < -0.39 is 0 Å². The normalized spacial score (nSPS) is 10.8. The molecule has 2 rings (SSSR count). The van der Waals surface area contributed by atoms with Gasteiger partial charge in [0.15, 0.2) is 0 Å². The summed E-state index contributed by atoms with van der Waals surface area (Å²) in [4.78, 5) is 20.6. The molecule has 2 heterocycles. The Morgan fingerprint density at radius 1 is 1.50 bits per heavy atom. The maximum atomic E-state index is 12.1. The molecule has 0 radical (unpaired) electrons. The first kappa shape index (κ1) is 14.6. The van der Waals surface area contributed by atoms with Gasteiger partial charge < -0.3 is 5.32 Å². The lowest BCUT2D eigenvalue weighted by Crippen LogP contribution is -2.29. The number of halogens is 1. The van der Waals surface area contributed by atoms with Gasteiger partial charge in [-0.3, -0.25) is 9.48 Å². The van der Waals surface area contributed by atoms with Crippen LogP contribution in [0.2, 0.25) is 0 Å². The van der Waals surface area contributed by atoms with Crippen molar-refractivity contribution in [2.24, 2.45) is 0 Å². The van der Waals surface area contributed by atoms with Crippen LogP contribution >= 0.6 is 15.9 Å². The average molecular weight is 338 g/mol. The monoisotopic (exact) mass is 337 g/mol. The number of nitrogens with zero attached hydrogens (tertiary/aromatic N) is 4. The van der Waals surface area contributed by atoms with E-state index in [0.717, 1.165) is 0 Å². The first-order valence-corrected chi connectivity index (χ1v) is 7.15. The summed E-state index contributed by atoms with van der Waals surface area (Å²) in [6, 6.07) is 1.84. The van der Waals surface area contributed by atoms with Gasteiger partial charge in [-0.05, 0) is 22.0 Å². The van der Waals surface area contributed by atoms with Crippen molar-refractivity contribution in [3.63, 3.8) is 0 Å². The molecule has 0 atom stereocenters. The molecule has 2 aromatic rings. The average Bonchev–Trinajstić information content (AvgIpc) is 2.92. The molecule has 1 N–H and O–H groups in total. The van der Waals surface area contributed by atoms with E-state index in [-0.39, 0.29) is 11.8 Å². The molecule has 0 aliphatic heterocycles. The highest BCUT2D eigenvalue weighted by atomic mass is 79.9. The van der Waals surface area contributed by atoms with Crippen LogP contribution in [0.25, 0.3) is 0 Å². The van der Waals surface area contributed by atoms with E-state index in [0.29, 0.717) is 29.1 Å². The van der Waals surface area contributed by atoms with Gasteiger partial charge in [-0.1, -0.05) is 13.8 Å². The van der Waals surface area contributed by atoms with Gasteiger partial charge in [0.05, 0.1) is 11.0 Å². The second kappa shape index (κ2) is 6.60. The Kier molecular flexibility index (Phi) is 4.84. The fourth-order valence-corrected chi connectivity index (χ4v) is 1.99. The minimum absolute atomic E-state index is 0.179. The van der Waals surface area contributed by atoms with Crippen molar-refractivity contribution in [2.45, 2.75) is 26.3 Å². The fourth-order valence-electron chi connectivity index (χ4n) is 1.62. The van der Waals surface area contributed by atoms with Crippen molar-refractivity contribution in [2.75, 3.05) is 6.54 Å². The van der Waals surface area contributed by atoms with E-state index in [1.54, 1.807) is 17.1 Å². The molecule has 0 fully saturated rings. The quantitative estimate of drug-likeness (QED) is 0.905. The van der Waals surface area contributed by atoms with E-state index in [4.69, 9.17) is 0 Å². The van der Waals surface area contributed by atoms with Crippen LogP contribution in [0.4, 0.5) is 0 Å². The zero-order valence-corrected chi connectivity index (χ0v) is 13.0. The van der Waals surface area contributed by atoms with Gasteiger partial charge in [0, 0.05) is 31.1 Å². The molecule has 106 valence electrons. The number of nitrogens with one attached hydrogen (secondary N) is 1. The molecule has 7 heteroatoms. The summed E-state index contributed by atoms with van der Waals surface area (Å²) in [7, 11) is 0. The lowest BCUT2D eigenvalue weighted by atomic mass is 10.2. The Hall–Kier alpha value is -1.76. The third-order valence-corrected chi connectivity index (χ3v) is 3.26. The van der Waals surface area contributed by atoms with Gasteiger partial charge in [-0.15, -0.1) is 0 Å². The molecule has 0 unspecified atom stereocenters. The van der Waals surface area contributed by atoms with Crippen LogP contribution < -0.4 is 5.32 Å². The van der Waals surface area contributed by atoms with Crippen LogP contribution in [0.1, 0.15) is 36.1 Å². The molecule has 0 spiro atoms. The van der Waals surface area contributed by atoms with Crippen molar-refractivity contribution in [1.29, 1.82) is 0 Å². The highest BCUT2D eigenvalue weighted by Gasteiger charge is 2.14. The molecule has 1 amide bonds. The number of aromatic nitrogens is 4. The first-order valence-electron chi connectivity index (χ1n) is 6.36. The molecule has 0 aromatic carbocycles. The molecule has 0 saturated carbocycles. The van der Waals surface area contributed by atoms with Crippen LogP contribution in [0, 0.1) is 0 Å². The van der Waals surface area contributed by atoms with Crippen LogP contribution in [0.5, 0.6) is 0 Å². The van der Waals surface area contributed by atoms with Gasteiger partial charge in [-0.25, -0.2) is 9.97 Å². The molecule has 0 aliphatic carbocycles. The topological polar surface area (TPSA) is 72.7 Å². The van der Waals surface area contributed by atoms with Crippen molar-refractivity contribution in [3.05, 3.63) is 40.6 Å². The Bertz CT molecular complexity index is 582. The van der Waals surface area contributed by atoms with Crippen molar-refractivity contribution in [1.82, 2.24) is 25.1 Å². The Balaban J connectivity index is 1.99. The summed E-state index contributed by atoms with van der Waals surface area (Å²) in [5, 5.41) is 6.90. The van der Waals surface area contributed by atoms with Crippen LogP contribution in [0.3, 0.4) is 0 Å². The third kappa shape index (κ3) is 3.63. The Labute approximate surface area is 125 Å². The molecule has 0 saturated heterocycles. The lowest BCUT2D eigenvalue weighted by Gasteiger charge is -2.09. The number of carbonyl (C=O) groups excluding carboxylic acids is 1. The number of hydrogen-bond acceptors (Lipinski definition) is 4. The molecule has 0 aliphatic rings. The second-order valence-corrected chi connectivity index (χ2v) is 5.46. The number of amides is 1. The zero-order chi connectivity index (χ0) is 14.5. The minimum Gasteiger partial charge on any atom is -0.349 e. The number of hydrogen-bond donors (Lipinski definition) is 1. The van der Waals surface area contributed by atoms with E-state index >= 15 is 0 Å². The van der Waals surface area contributed by atoms with Crippen LogP contribution in [-0.4, -0.2) is 32.2 Å². The molecular weight excluding hydrogens is 322 g/mol. The molecule has 20 heavy (non-hydrogen) atoms. The Morgan fingerprint density at radius 2 is 2.30 bits per heavy atom. The smallest absolute Gasteiger partial charge is 0.271 e. The number of rotatable bonds is 5. The minimum atomic E-state index is -0.215. The highest BCUT2D eigenvalue weighted by Crippen LogP contribution is 2.16. The van der Waals surface area contributed by atoms with Gasteiger partial charge in [0.25, 0.3) is 5.91 Å². The van der Waals surface area contributed by atoms with E-state index in [1.165, 1.54) is 0 Å². The predicted octanol–water partition coefficient (Wildman–Crippen LogP) is 1.99.